The maximum absolute atomic E-state index is 11.5. The predicted molar refractivity (Wildman–Crippen MR) is 77.2 cm³/mol. The summed E-state index contributed by atoms with van der Waals surface area (Å²) in [6, 6.07) is 5.17. The summed E-state index contributed by atoms with van der Waals surface area (Å²) in [5, 5.41) is 15.7. The molecule has 0 heterocycles. The molecule has 0 amide bonds. The van der Waals surface area contributed by atoms with Crippen molar-refractivity contribution in [3.63, 3.8) is 0 Å². The number of hydrogen-bond acceptors (Lipinski definition) is 5. The van der Waals surface area contributed by atoms with Crippen molar-refractivity contribution in [2.24, 2.45) is 0 Å². The average molecular weight is 287 g/mol. The molecule has 0 saturated carbocycles. The smallest absolute Gasteiger partial charge is 0.337 e. The van der Waals surface area contributed by atoms with E-state index in [-0.39, 0.29) is 5.88 Å². The fourth-order valence-electron chi connectivity index (χ4n) is 1.56. The summed E-state index contributed by atoms with van der Waals surface area (Å²) in [5.41, 5.74) is 2.04. The highest BCUT2D eigenvalue weighted by molar-refractivity contribution is 6.18. The van der Waals surface area contributed by atoms with Gasteiger partial charge in [-0.3, -0.25) is 0 Å². The first-order valence-electron chi connectivity index (χ1n) is 6.06. The third-order valence-electron chi connectivity index (χ3n) is 2.51. The number of aliphatic hydroxyl groups is 1. The molecule has 0 saturated heterocycles. The number of rotatable bonds is 7. The minimum absolute atomic E-state index is 0.153. The zero-order valence-corrected chi connectivity index (χ0v) is 11.8. The van der Waals surface area contributed by atoms with E-state index in [1.165, 1.54) is 7.11 Å². The van der Waals surface area contributed by atoms with E-state index < -0.39 is 12.1 Å². The minimum atomic E-state index is -0.641. The Balaban J connectivity index is 2.91. The van der Waals surface area contributed by atoms with Crippen molar-refractivity contribution >= 4 is 28.9 Å². The van der Waals surface area contributed by atoms with E-state index in [9.17, 15) is 9.90 Å². The summed E-state index contributed by atoms with van der Waals surface area (Å²) in [4.78, 5) is 11.5. The molecule has 1 atom stereocenters. The van der Waals surface area contributed by atoms with Gasteiger partial charge in [0.2, 0.25) is 0 Å². The summed E-state index contributed by atoms with van der Waals surface area (Å²) in [6.07, 6.45) is -0.641. The molecule has 0 bridgehead atoms. The predicted octanol–water partition coefficient (Wildman–Crippen LogP) is 1.92. The third-order valence-corrected chi connectivity index (χ3v) is 2.87. The highest BCUT2D eigenvalue weighted by Gasteiger charge is 2.10. The lowest BCUT2D eigenvalue weighted by atomic mass is 10.1. The van der Waals surface area contributed by atoms with Crippen LogP contribution in [0.3, 0.4) is 0 Å². The second-order valence-electron chi connectivity index (χ2n) is 3.97. The van der Waals surface area contributed by atoms with Gasteiger partial charge in [-0.15, -0.1) is 11.6 Å². The topological polar surface area (TPSA) is 70.6 Å². The molecule has 0 aliphatic carbocycles. The SMILES string of the molecule is CCNc1ccc(C(=O)OC)cc1NCC(O)CCl. The highest BCUT2D eigenvalue weighted by atomic mass is 35.5. The fraction of sp³-hybridized carbons (Fsp3) is 0.462. The van der Waals surface area contributed by atoms with Gasteiger partial charge >= 0.3 is 5.97 Å². The Labute approximate surface area is 117 Å². The minimum Gasteiger partial charge on any atom is -0.465 e. The second kappa shape index (κ2) is 7.86. The Morgan fingerprint density at radius 1 is 1.42 bits per heavy atom. The Kier molecular flexibility index (Phi) is 6.45. The number of carbonyl (C=O) groups excluding carboxylic acids is 1. The van der Waals surface area contributed by atoms with E-state index in [1.807, 2.05) is 6.92 Å². The van der Waals surface area contributed by atoms with Gasteiger partial charge < -0.3 is 20.5 Å². The molecule has 5 nitrogen and oxygen atoms in total. The molecule has 0 aromatic heterocycles. The molecule has 106 valence electrons. The molecule has 0 aliphatic rings. The molecule has 3 N–H and O–H groups in total. The monoisotopic (exact) mass is 286 g/mol. The number of carbonyl (C=O) groups is 1. The third kappa shape index (κ3) is 4.61. The Bertz CT molecular complexity index is 426. The Morgan fingerprint density at radius 2 is 2.16 bits per heavy atom. The summed E-state index contributed by atoms with van der Waals surface area (Å²) < 4.78 is 4.68. The van der Waals surface area contributed by atoms with Crippen LogP contribution in [0.2, 0.25) is 0 Å². The van der Waals surface area contributed by atoms with E-state index in [0.29, 0.717) is 12.1 Å². The molecule has 0 aliphatic heterocycles. The van der Waals surface area contributed by atoms with Crippen LogP contribution in [0.25, 0.3) is 0 Å². The average Bonchev–Trinajstić information content (AvgIpc) is 2.45. The molecule has 19 heavy (non-hydrogen) atoms. The van der Waals surface area contributed by atoms with Crippen molar-refractivity contribution in [3.8, 4) is 0 Å². The fourth-order valence-corrected chi connectivity index (χ4v) is 1.67. The van der Waals surface area contributed by atoms with Crippen molar-refractivity contribution in [1.82, 2.24) is 0 Å². The maximum Gasteiger partial charge on any atom is 0.337 e. The molecular weight excluding hydrogens is 268 g/mol. The van der Waals surface area contributed by atoms with Gasteiger partial charge in [0.25, 0.3) is 0 Å². The molecule has 1 aromatic carbocycles. The van der Waals surface area contributed by atoms with E-state index in [2.05, 4.69) is 15.4 Å². The number of anilines is 2. The summed E-state index contributed by atoms with van der Waals surface area (Å²) in [5.74, 6) is -0.246. The van der Waals surface area contributed by atoms with Crippen LogP contribution >= 0.6 is 11.6 Å². The van der Waals surface area contributed by atoms with Gasteiger partial charge in [-0.05, 0) is 25.1 Å². The van der Waals surface area contributed by atoms with Crippen LogP contribution in [0.15, 0.2) is 18.2 Å². The molecule has 1 unspecified atom stereocenters. The molecule has 6 heteroatoms. The molecule has 0 radical (unpaired) electrons. The lowest BCUT2D eigenvalue weighted by Crippen LogP contribution is -2.21. The maximum atomic E-state index is 11.5. The largest absolute Gasteiger partial charge is 0.465 e. The van der Waals surface area contributed by atoms with Crippen LogP contribution in [-0.4, -0.2) is 43.3 Å². The number of benzene rings is 1. The van der Waals surface area contributed by atoms with Crippen LogP contribution in [0, 0.1) is 0 Å². The van der Waals surface area contributed by atoms with Gasteiger partial charge in [0.05, 0.1) is 36.0 Å². The molecule has 0 fully saturated rings. The van der Waals surface area contributed by atoms with E-state index in [1.54, 1.807) is 18.2 Å². The van der Waals surface area contributed by atoms with Crippen molar-refractivity contribution in [1.29, 1.82) is 0 Å². The molecular formula is C13H19ClN2O3. The van der Waals surface area contributed by atoms with Crippen molar-refractivity contribution in [2.45, 2.75) is 13.0 Å². The summed E-state index contributed by atoms with van der Waals surface area (Å²) >= 11 is 5.54. The van der Waals surface area contributed by atoms with Crippen LogP contribution < -0.4 is 10.6 Å². The van der Waals surface area contributed by atoms with Gasteiger partial charge in [0.15, 0.2) is 0 Å². The van der Waals surface area contributed by atoms with Crippen LogP contribution in [0.5, 0.6) is 0 Å². The van der Waals surface area contributed by atoms with Crippen LogP contribution in [0.1, 0.15) is 17.3 Å². The first kappa shape index (κ1) is 15.6. The number of methoxy groups -OCH3 is 1. The van der Waals surface area contributed by atoms with E-state index in [0.717, 1.165) is 17.9 Å². The first-order chi connectivity index (χ1) is 9.12. The normalized spacial score (nSPS) is 11.8. The molecule has 1 rings (SSSR count). The zero-order valence-electron chi connectivity index (χ0n) is 11.1. The zero-order chi connectivity index (χ0) is 14.3. The summed E-state index contributed by atoms with van der Waals surface area (Å²) in [7, 11) is 1.34. The number of alkyl halides is 1. The highest BCUT2D eigenvalue weighted by Crippen LogP contribution is 2.23. The number of esters is 1. The standard InChI is InChI=1S/C13H19ClN2O3/c1-3-15-11-5-4-9(13(18)19-2)6-12(11)16-8-10(17)7-14/h4-6,10,15-17H,3,7-8H2,1-2H3. The van der Waals surface area contributed by atoms with Gasteiger partial charge in [0.1, 0.15) is 0 Å². The number of halogens is 1. The summed E-state index contributed by atoms with van der Waals surface area (Å²) in [6.45, 7) is 3.04. The van der Waals surface area contributed by atoms with Gasteiger partial charge in [-0.1, -0.05) is 0 Å². The first-order valence-corrected chi connectivity index (χ1v) is 6.60. The van der Waals surface area contributed by atoms with Gasteiger partial charge in [-0.2, -0.15) is 0 Å². The van der Waals surface area contributed by atoms with Crippen LogP contribution in [0.4, 0.5) is 11.4 Å². The Morgan fingerprint density at radius 3 is 2.74 bits per heavy atom. The van der Waals surface area contributed by atoms with E-state index in [4.69, 9.17) is 11.6 Å². The van der Waals surface area contributed by atoms with E-state index >= 15 is 0 Å². The Hall–Kier alpha value is -1.46. The number of ether oxygens (including phenoxy) is 1. The van der Waals surface area contributed by atoms with Crippen molar-refractivity contribution in [3.05, 3.63) is 23.8 Å². The number of aliphatic hydroxyl groups excluding tert-OH is 1. The lowest BCUT2D eigenvalue weighted by Gasteiger charge is -2.15. The van der Waals surface area contributed by atoms with Crippen LogP contribution in [-0.2, 0) is 4.74 Å². The molecule has 0 spiro atoms. The van der Waals surface area contributed by atoms with Crippen molar-refractivity contribution < 1.29 is 14.6 Å². The second-order valence-corrected chi connectivity index (χ2v) is 4.28. The lowest BCUT2D eigenvalue weighted by molar-refractivity contribution is 0.0601. The number of nitrogens with one attached hydrogen (secondary N) is 2. The van der Waals surface area contributed by atoms with Crippen molar-refractivity contribution in [2.75, 3.05) is 36.7 Å². The van der Waals surface area contributed by atoms with Gasteiger partial charge in [0, 0.05) is 13.1 Å². The quantitative estimate of drug-likeness (QED) is 0.528. The van der Waals surface area contributed by atoms with Gasteiger partial charge in [-0.25, -0.2) is 4.79 Å². The number of hydrogen-bond donors (Lipinski definition) is 3. The molecule has 1 aromatic rings.